The minimum absolute atomic E-state index is 0.0996. The van der Waals surface area contributed by atoms with Crippen LogP contribution in [0.1, 0.15) is 30.2 Å². The number of hydrogen-bond donors (Lipinski definition) is 2. The second-order valence-electron chi connectivity index (χ2n) is 4.70. The first kappa shape index (κ1) is 12.2. The minimum atomic E-state index is 0.0996. The molecule has 0 amide bonds. The molecular formula is C12H16N6S. The number of aromatic nitrogens is 5. The van der Waals surface area contributed by atoms with Gasteiger partial charge in [0.15, 0.2) is 10.8 Å². The van der Waals surface area contributed by atoms with Crippen LogP contribution in [0.3, 0.4) is 0 Å². The molecule has 0 radical (unpaired) electrons. The van der Waals surface area contributed by atoms with E-state index in [1.54, 1.807) is 11.3 Å². The van der Waals surface area contributed by atoms with Gasteiger partial charge in [-0.05, 0) is 20.8 Å². The number of anilines is 1. The van der Waals surface area contributed by atoms with E-state index in [9.17, 15) is 0 Å². The fourth-order valence-corrected chi connectivity index (χ4v) is 3.07. The molecule has 6 nitrogen and oxygen atoms in total. The van der Waals surface area contributed by atoms with Crippen molar-refractivity contribution in [2.75, 3.05) is 5.32 Å². The molecule has 0 fully saturated rings. The second-order valence-corrected chi connectivity index (χ2v) is 5.70. The van der Waals surface area contributed by atoms with Crippen molar-refractivity contribution < 1.29 is 0 Å². The number of aryl methyl sites for hydroxylation is 3. The van der Waals surface area contributed by atoms with Gasteiger partial charge in [-0.25, -0.2) is 14.6 Å². The smallest absolute Gasteiger partial charge is 0.186 e. The van der Waals surface area contributed by atoms with E-state index in [2.05, 4.69) is 32.3 Å². The molecule has 3 heterocycles. The molecule has 0 aliphatic rings. The molecular weight excluding hydrogens is 260 g/mol. The average molecular weight is 276 g/mol. The van der Waals surface area contributed by atoms with Crippen molar-refractivity contribution in [3.8, 4) is 0 Å². The summed E-state index contributed by atoms with van der Waals surface area (Å²) in [6.45, 7) is 6.06. The van der Waals surface area contributed by atoms with E-state index >= 15 is 0 Å². The van der Waals surface area contributed by atoms with Gasteiger partial charge in [-0.3, -0.25) is 0 Å². The zero-order valence-electron chi connectivity index (χ0n) is 11.4. The average Bonchev–Trinajstić information content (AvgIpc) is 3.00. The van der Waals surface area contributed by atoms with Crippen molar-refractivity contribution in [3.05, 3.63) is 23.4 Å². The normalized spacial score (nSPS) is 13.1. The van der Waals surface area contributed by atoms with Gasteiger partial charge in [0.1, 0.15) is 5.82 Å². The topological polar surface area (TPSA) is 71.4 Å². The van der Waals surface area contributed by atoms with Crippen molar-refractivity contribution in [2.45, 2.75) is 26.8 Å². The summed E-state index contributed by atoms with van der Waals surface area (Å²) in [6.07, 6.45) is 1.83. The zero-order chi connectivity index (χ0) is 13.6. The van der Waals surface area contributed by atoms with Gasteiger partial charge in [-0.2, -0.15) is 5.10 Å². The lowest BCUT2D eigenvalue weighted by Gasteiger charge is -2.09. The molecule has 0 saturated heterocycles. The molecule has 0 aliphatic heterocycles. The Hall–Kier alpha value is -1.89. The van der Waals surface area contributed by atoms with Gasteiger partial charge in [-0.1, -0.05) is 11.3 Å². The number of hydrogen-bond acceptors (Lipinski definition) is 5. The Bertz CT molecular complexity index is 687. The Morgan fingerprint density at radius 3 is 2.84 bits per heavy atom. The van der Waals surface area contributed by atoms with Crippen LogP contribution in [-0.2, 0) is 7.05 Å². The lowest BCUT2D eigenvalue weighted by atomic mass is 10.3. The van der Waals surface area contributed by atoms with Crippen LogP contribution >= 0.6 is 11.3 Å². The van der Waals surface area contributed by atoms with E-state index in [0.717, 1.165) is 32.7 Å². The van der Waals surface area contributed by atoms with Gasteiger partial charge < -0.3 is 10.3 Å². The van der Waals surface area contributed by atoms with Gasteiger partial charge in [0.05, 0.1) is 16.4 Å². The van der Waals surface area contributed by atoms with Crippen LogP contribution in [-0.4, -0.2) is 24.7 Å². The summed E-state index contributed by atoms with van der Waals surface area (Å²) < 4.78 is 2.95. The third-order valence-electron chi connectivity index (χ3n) is 3.02. The lowest BCUT2D eigenvalue weighted by molar-refractivity contribution is 0.771. The molecule has 3 aromatic heterocycles. The largest absolute Gasteiger partial charge is 0.352 e. The van der Waals surface area contributed by atoms with Crippen LogP contribution in [0.5, 0.6) is 0 Å². The van der Waals surface area contributed by atoms with E-state index in [0.29, 0.717) is 0 Å². The maximum absolute atomic E-state index is 4.57. The zero-order valence-corrected chi connectivity index (χ0v) is 12.2. The number of imidazole rings is 1. The molecule has 0 aromatic carbocycles. The van der Waals surface area contributed by atoms with Gasteiger partial charge in [-0.15, -0.1) is 0 Å². The Kier molecular flexibility index (Phi) is 2.78. The fraction of sp³-hybridized carbons (Fsp3) is 0.417. The van der Waals surface area contributed by atoms with E-state index in [-0.39, 0.29) is 6.04 Å². The molecule has 100 valence electrons. The molecule has 0 unspecified atom stereocenters. The fourth-order valence-electron chi connectivity index (χ4n) is 2.05. The van der Waals surface area contributed by atoms with Crippen molar-refractivity contribution >= 4 is 26.8 Å². The van der Waals surface area contributed by atoms with Gasteiger partial charge in [0.25, 0.3) is 0 Å². The first-order chi connectivity index (χ1) is 9.04. The molecule has 0 spiro atoms. The van der Waals surface area contributed by atoms with Crippen LogP contribution in [0.15, 0.2) is 6.20 Å². The summed E-state index contributed by atoms with van der Waals surface area (Å²) in [7, 11) is 1.91. The number of rotatable bonds is 3. The Balaban J connectivity index is 1.87. The number of thiazole rings is 1. The maximum atomic E-state index is 4.57. The van der Waals surface area contributed by atoms with Crippen LogP contribution in [0.25, 0.3) is 10.3 Å². The van der Waals surface area contributed by atoms with Crippen molar-refractivity contribution in [2.24, 2.45) is 7.05 Å². The first-order valence-corrected chi connectivity index (χ1v) is 6.94. The van der Waals surface area contributed by atoms with Crippen molar-refractivity contribution in [1.29, 1.82) is 0 Å². The minimum Gasteiger partial charge on any atom is -0.352 e. The molecule has 3 rings (SSSR count). The number of fused-ring (bicyclic) bond motifs is 1. The predicted octanol–water partition coefficient (Wildman–Crippen LogP) is 2.54. The number of nitrogens with one attached hydrogen (secondary N) is 2. The van der Waals surface area contributed by atoms with Gasteiger partial charge in [0.2, 0.25) is 0 Å². The molecule has 0 aliphatic carbocycles. The van der Waals surface area contributed by atoms with E-state index in [1.165, 1.54) is 0 Å². The van der Waals surface area contributed by atoms with E-state index in [4.69, 9.17) is 0 Å². The molecule has 1 atom stereocenters. The third-order valence-corrected chi connectivity index (χ3v) is 4.10. The number of H-pyrrole nitrogens is 1. The molecule has 0 saturated carbocycles. The summed E-state index contributed by atoms with van der Waals surface area (Å²) in [5, 5.41) is 8.62. The second kappa shape index (κ2) is 4.34. The molecule has 2 N–H and O–H groups in total. The molecule has 19 heavy (non-hydrogen) atoms. The Labute approximate surface area is 114 Å². The highest BCUT2D eigenvalue weighted by molar-refractivity contribution is 7.22. The summed E-state index contributed by atoms with van der Waals surface area (Å²) in [5.41, 5.74) is 3.00. The van der Waals surface area contributed by atoms with Crippen LogP contribution in [0.4, 0.5) is 5.13 Å². The lowest BCUT2D eigenvalue weighted by Crippen LogP contribution is -2.08. The monoisotopic (exact) mass is 276 g/mol. The first-order valence-electron chi connectivity index (χ1n) is 6.13. The molecule has 0 bridgehead atoms. The van der Waals surface area contributed by atoms with Gasteiger partial charge in [0, 0.05) is 18.9 Å². The number of nitrogens with zero attached hydrogens (tertiary/aromatic N) is 4. The van der Waals surface area contributed by atoms with Crippen molar-refractivity contribution in [1.82, 2.24) is 24.7 Å². The third kappa shape index (κ3) is 2.10. The Morgan fingerprint density at radius 2 is 2.21 bits per heavy atom. The summed E-state index contributed by atoms with van der Waals surface area (Å²) in [4.78, 5) is 12.1. The standard InChI is InChI=1S/C12H16N6S/c1-6-5-13-10(14-6)8(3)15-12-16-11-9(19-12)7(2)17-18(11)4/h5,8H,1-4H3,(H,13,14)(H,15,16)/t8-/m1/s1. The predicted molar refractivity (Wildman–Crippen MR) is 76.5 cm³/mol. The van der Waals surface area contributed by atoms with Gasteiger partial charge >= 0.3 is 0 Å². The summed E-state index contributed by atoms with van der Waals surface area (Å²) in [6, 6.07) is 0.0996. The quantitative estimate of drug-likeness (QED) is 0.771. The van der Waals surface area contributed by atoms with E-state index in [1.807, 2.05) is 31.8 Å². The summed E-state index contributed by atoms with van der Waals surface area (Å²) in [5.74, 6) is 0.923. The Morgan fingerprint density at radius 1 is 1.42 bits per heavy atom. The summed E-state index contributed by atoms with van der Waals surface area (Å²) >= 11 is 1.63. The maximum Gasteiger partial charge on any atom is 0.186 e. The highest BCUT2D eigenvalue weighted by Crippen LogP contribution is 2.29. The van der Waals surface area contributed by atoms with Crippen LogP contribution in [0.2, 0.25) is 0 Å². The van der Waals surface area contributed by atoms with Crippen LogP contribution < -0.4 is 5.32 Å². The van der Waals surface area contributed by atoms with Crippen LogP contribution in [0, 0.1) is 13.8 Å². The van der Waals surface area contributed by atoms with E-state index < -0.39 is 0 Å². The SMILES string of the molecule is Cc1cnc([C@@H](C)Nc2nc3c(s2)c(C)nn3C)[nH]1. The highest BCUT2D eigenvalue weighted by atomic mass is 32.1. The molecule has 3 aromatic rings. The molecule has 7 heteroatoms. The number of aromatic amines is 1. The van der Waals surface area contributed by atoms with Crippen molar-refractivity contribution in [3.63, 3.8) is 0 Å². The highest BCUT2D eigenvalue weighted by Gasteiger charge is 2.15.